The fourth-order valence-corrected chi connectivity index (χ4v) is 1.36. The molecule has 2 rings (SSSR count). The third-order valence-electron chi connectivity index (χ3n) is 2.15. The van der Waals surface area contributed by atoms with Gasteiger partial charge in [0.1, 0.15) is 5.75 Å². The molecule has 0 bridgehead atoms. The lowest BCUT2D eigenvalue weighted by molar-refractivity contribution is -0.128. The number of fused-ring (bicyclic) bond motifs is 1. The molecule has 2 N–H and O–H groups in total. The van der Waals surface area contributed by atoms with E-state index in [1.54, 1.807) is 13.0 Å². The van der Waals surface area contributed by atoms with E-state index in [1.165, 1.54) is 5.56 Å². The summed E-state index contributed by atoms with van der Waals surface area (Å²) in [6.45, 7) is 4.69. The number of ether oxygens (including phenoxy) is 1. The maximum atomic E-state index is 9.35. The normalized spacial score (nSPS) is 9.38. The van der Waals surface area contributed by atoms with E-state index in [1.807, 2.05) is 25.3 Å². The fourth-order valence-electron chi connectivity index (χ4n) is 1.36. The summed E-state index contributed by atoms with van der Waals surface area (Å²) in [6, 6.07) is 5.57. The monoisotopic (exact) mass is 221 g/mol. The lowest BCUT2D eigenvalue weighted by atomic mass is 10.1. The predicted octanol–water partition coefficient (Wildman–Crippen LogP) is 2.36. The Kier molecular flexibility index (Phi) is 4.39. The predicted molar refractivity (Wildman–Crippen MR) is 62.4 cm³/mol. The van der Waals surface area contributed by atoms with Crippen LogP contribution in [0.4, 0.5) is 0 Å². The molecule has 0 aliphatic heterocycles. The third-order valence-corrected chi connectivity index (χ3v) is 2.15. The van der Waals surface area contributed by atoms with Gasteiger partial charge < -0.3 is 14.8 Å². The van der Waals surface area contributed by atoms with Crippen molar-refractivity contribution in [1.82, 2.24) is 4.98 Å². The highest BCUT2D eigenvalue weighted by Gasteiger charge is 2.01. The Labute approximate surface area is 93.9 Å². The molecule has 0 radical (unpaired) electrons. The van der Waals surface area contributed by atoms with Crippen molar-refractivity contribution in [3.8, 4) is 5.75 Å². The summed E-state index contributed by atoms with van der Waals surface area (Å²) in [5, 5.41) is 10.4. The lowest BCUT2D eigenvalue weighted by Crippen LogP contribution is -1.80. The number of aromatic amines is 1. The number of H-pyrrole nitrogens is 1. The van der Waals surface area contributed by atoms with Crippen molar-refractivity contribution < 1.29 is 14.6 Å². The highest BCUT2D eigenvalue weighted by atomic mass is 16.5. The first kappa shape index (κ1) is 12.1. The highest BCUT2D eigenvalue weighted by molar-refractivity contribution is 5.87. The van der Waals surface area contributed by atoms with Crippen molar-refractivity contribution in [2.24, 2.45) is 0 Å². The molecule has 86 valence electrons. The lowest BCUT2D eigenvalue weighted by Gasteiger charge is -1.97. The number of aromatic hydroxyl groups is 1. The van der Waals surface area contributed by atoms with Crippen molar-refractivity contribution >= 4 is 17.4 Å². The van der Waals surface area contributed by atoms with E-state index in [2.05, 4.69) is 9.72 Å². The largest absolute Gasteiger partial charge is 0.506 e. The summed E-state index contributed by atoms with van der Waals surface area (Å²) in [4.78, 5) is 12.2. The SMILES string of the molecule is CCOC=O.Cc1ccc(O)c2[nH]ccc12. The molecule has 0 fully saturated rings. The number of carbonyl (C=O) groups excluding carboxylic acids is 1. The smallest absolute Gasteiger partial charge is 0.293 e. The van der Waals surface area contributed by atoms with Gasteiger partial charge in [0, 0.05) is 11.6 Å². The Hall–Kier alpha value is -1.97. The summed E-state index contributed by atoms with van der Waals surface area (Å²) in [7, 11) is 0. The van der Waals surface area contributed by atoms with Crippen molar-refractivity contribution in [2.45, 2.75) is 13.8 Å². The van der Waals surface area contributed by atoms with Crippen LogP contribution in [0.25, 0.3) is 10.9 Å². The summed E-state index contributed by atoms with van der Waals surface area (Å²) < 4.78 is 4.15. The van der Waals surface area contributed by atoms with Gasteiger partial charge in [-0.2, -0.15) is 0 Å². The quantitative estimate of drug-likeness (QED) is 0.765. The molecule has 0 amide bonds. The standard InChI is InChI=1S/C9H9NO.C3H6O2/c1-6-2-3-8(11)9-7(6)4-5-10-9;1-2-5-3-4/h2-5,10-11H,1H3;3H,2H2,1H3. The molecule has 16 heavy (non-hydrogen) atoms. The molecule has 2 aromatic rings. The number of aryl methyl sites for hydroxylation is 1. The van der Waals surface area contributed by atoms with Crippen molar-refractivity contribution in [1.29, 1.82) is 0 Å². The number of benzene rings is 1. The molecular weight excluding hydrogens is 206 g/mol. The van der Waals surface area contributed by atoms with Crippen LogP contribution in [0.15, 0.2) is 24.4 Å². The molecule has 1 aromatic carbocycles. The van der Waals surface area contributed by atoms with Gasteiger partial charge in [-0.05, 0) is 31.5 Å². The van der Waals surface area contributed by atoms with Crippen molar-refractivity contribution in [2.75, 3.05) is 6.61 Å². The summed E-state index contributed by atoms with van der Waals surface area (Å²) in [5.41, 5.74) is 2.00. The topological polar surface area (TPSA) is 62.3 Å². The van der Waals surface area contributed by atoms with Crippen LogP contribution in [0, 0.1) is 6.92 Å². The van der Waals surface area contributed by atoms with Gasteiger partial charge in [0.05, 0.1) is 12.1 Å². The first-order valence-electron chi connectivity index (χ1n) is 5.01. The van der Waals surface area contributed by atoms with Gasteiger partial charge in [-0.25, -0.2) is 0 Å². The molecule has 4 nitrogen and oxygen atoms in total. The van der Waals surface area contributed by atoms with Crippen molar-refractivity contribution in [3.05, 3.63) is 30.0 Å². The van der Waals surface area contributed by atoms with E-state index in [9.17, 15) is 9.90 Å². The Morgan fingerprint density at radius 3 is 2.69 bits per heavy atom. The van der Waals surface area contributed by atoms with Gasteiger partial charge >= 0.3 is 0 Å². The van der Waals surface area contributed by atoms with E-state index < -0.39 is 0 Å². The minimum absolute atomic E-state index is 0.315. The fraction of sp³-hybridized carbons (Fsp3) is 0.250. The second-order valence-electron chi connectivity index (χ2n) is 3.22. The van der Waals surface area contributed by atoms with Crippen LogP contribution in [-0.2, 0) is 9.53 Å². The molecule has 4 heteroatoms. The number of carbonyl (C=O) groups is 1. The zero-order valence-electron chi connectivity index (χ0n) is 9.36. The molecule has 0 unspecified atom stereocenters. The number of hydrogen-bond acceptors (Lipinski definition) is 3. The summed E-state index contributed by atoms with van der Waals surface area (Å²) in [5.74, 6) is 0.315. The molecule has 0 atom stereocenters. The number of phenols is 1. The van der Waals surface area contributed by atoms with E-state index >= 15 is 0 Å². The Bertz CT molecular complexity index is 426. The van der Waals surface area contributed by atoms with Crippen LogP contribution >= 0.6 is 0 Å². The van der Waals surface area contributed by atoms with Crippen LogP contribution in [0.2, 0.25) is 0 Å². The number of aromatic nitrogens is 1. The van der Waals surface area contributed by atoms with E-state index in [-0.39, 0.29) is 0 Å². The van der Waals surface area contributed by atoms with Gasteiger partial charge in [-0.15, -0.1) is 0 Å². The highest BCUT2D eigenvalue weighted by Crippen LogP contribution is 2.25. The van der Waals surface area contributed by atoms with Gasteiger partial charge in [-0.3, -0.25) is 4.79 Å². The minimum atomic E-state index is 0.315. The number of rotatable bonds is 2. The zero-order chi connectivity index (χ0) is 12.0. The maximum absolute atomic E-state index is 9.35. The Morgan fingerprint density at radius 1 is 1.44 bits per heavy atom. The molecule has 0 spiro atoms. The maximum Gasteiger partial charge on any atom is 0.293 e. The van der Waals surface area contributed by atoms with Crippen molar-refractivity contribution in [3.63, 3.8) is 0 Å². The zero-order valence-corrected chi connectivity index (χ0v) is 9.36. The summed E-state index contributed by atoms with van der Waals surface area (Å²) >= 11 is 0. The minimum Gasteiger partial charge on any atom is -0.506 e. The molecule has 0 saturated heterocycles. The number of hydrogen-bond donors (Lipinski definition) is 2. The van der Waals surface area contributed by atoms with Crippen LogP contribution < -0.4 is 0 Å². The average Bonchev–Trinajstić information content (AvgIpc) is 2.76. The Balaban J connectivity index is 0.000000221. The number of nitrogens with one attached hydrogen (secondary N) is 1. The second kappa shape index (κ2) is 5.80. The average molecular weight is 221 g/mol. The van der Waals surface area contributed by atoms with Crippen LogP contribution in [0.3, 0.4) is 0 Å². The van der Waals surface area contributed by atoms with Crippen LogP contribution in [0.1, 0.15) is 12.5 Å². The first-order valence-corrected chi connectivity index (χ1v) is 5.01. The first-order chi connectivity index (χ1) is 7.70. The van der Waals surface area contributed by atoms with Gasteiger partial charge in [0.2, 0.25) is 0 Å². The van der Waals surface area contributed by atoms with E-state index in [0.29, 0.717) is 18.8 Å². The number of phenolic OH excluding ortho intramolecular Hbond substituents is 1. The van der Waals surface area contributed by atoms with Gasteiger partial charge in [0.15, 0.2) is 0 Å². The third kappa shape index (κ3) is 2.76. The molecular formula is C12H15NO3. The van der Waals surface area contributed by atoms with E-state index in [4.69, 9.17) is 0 Å². The summed E-state index contributed by atoms with van der Waals surface area (Å²) in [6.07, 6.45) is 1.83. The molecule has 1 heterocycles. The van der Waals surface area contributed by atoms with E-state index in [0.717, 1.165) is 10.9 Å². The molecule has 0 aliphatic carbocycles. The second-order valence-corrected chi connectivity index (χ2v) is 3.22. The van der Waals surface area contributed by atoms with Gasteiger partial charge in [-0.1, -0.05) is 6.07 Å². The van der Waals surface area contributed by atoms with Crippen LogP contribution in [-0.4, -0.2) is 23.2 Å². The molecule has 1 aromatic heterocycles. The molecule has 0 aliphatic rings. The van der Waals surface area contributed by atoms with Crippen LogP contribution in [0.5, 0.6) is 5.75 Å². The van der Waals surface area contributed by atoms with Gasteiger partial charge in [0.25, 0.3) is 6.47 Å². The molecule has 0 saturated carbocycles. The Morgan fingerprint density at radius 2 is 2.19 bits per heavy atom.